The normalized spacial score (nSPS) is 26.0. The standard InChI is InChI=1S/C19H26Cl2N4O2/c1-12-23-16(24-8-6-19(2,7-9-24)15(26)11-22)10-17(27)25(12)14-5-3-4-13(20)18(14)21/h3-5,10,13,15,18,26H,6-9,11,22H2,1-2H3/t13?,15-,18?/m1/s1. The molecule has 1 aliphatic heterocycles. The average molecular weight is 413 g/mol. The van der Waals surface area contributed by atoms with E-state index in [2.05, 4.69) is 16.8 Å². The van der Waals surface area contributed by atoms with Gasteiger partial charge in [-0.15, -0.1) is 23.2 Å². The molecule has 0 aromatic carbocycles. The van der Waals surface area contributed by atoms with Gasteiger partial charge in [-0.3, -0.25) is 9.36 Å². The van der Waals surface area contributed by atoms with Crippen molar-refractivity contribution in [3.63, 3.8) is 0 Å². The Labute approximate surface area is 169 Å². The van der Waals surface area contributed by atoms with Gasteiger partial charge < -0.3 is 15.7 Å². The minimum Gasteiger partial charge on any atom is -0.391 e. The number of rotatable bonds is 4. The first-order valence-electron chi connectivity index (χ1n) is 9.17. The highest BCUT2D eigenvalue weighted by Crippen LogP contribution is 2.35. The molecule has 6 nitrogen and oxygen atoms in total. The Morgan fingerprint density at radius 2 is 2.07 bits per heavy atom. The molecule has 1 aromatic heterocycles. The van der Waals surface area contributed by atoms with E-state index in [1.807, 2.05) is 0 Å². The Balaban J connectivity index is 1.84. The van der Waals surface area contributed by atoms with Crippen LogP contribution in [0.1, 0.15) is 25.6 Å². The second-order valence-electron chi connectivity index (χ2n) is 7.55. The van der Waals surface area contributed by atoms with Gasteiger partial charge in [-0.1, -0.05) is 19.1 Å². The summed E-state index contributed by atoms with van der Waals surface area (Å²) in [6.07, 6.45) is 6.47. The summed E-state index contributed by atoms with van der Waals surface area (Å²) in [7, 11) is 0. The van der Waals surface area contributed by atoms with Gasteiger partial charge in [0.05, 0.1) is 16.9 Å². The van der Waals surface area contributed by atoms with Crippen LogP contribution in [0.3, 0.4) is 0 Å². The summed E-state index contributed by atoms with van der Waals surface area (Å²) < 4.78 is 1.52. The molecule has 2 unspecified atom stereocenters. The van der Waals surface area contributed by atoms with E-state index < -0.39 is 11.5 Å². The molecule has 0 bridgehead atoms. The molecule has 148 valence electrons. The smallest absolute Gasteiger partial charge is 0.259 e. The summed E-state index contributed by atoms with van der Waals surface area (Å²) in [5.74, 6) is 1.22. The molecule has 0 amide bonds. The van der Waals surface area contributed by atoms with E-state index in [1.54, 1.807) is 31.2 Å². The zero-order chi connectivity index (χ0) is 19.8. The molecule has 3 atom stereocenters. The van der Waals surface area contributed by atoms with Crippen molar-refractivity contribution in [2.75, 3.05) is 24.5 Å². The zero-order valence-electron chi connectivity index (χ0n) is 15.6. The van der Waals surface area contributed by atoms with Crippen molar-refractivity contribution < 1.29 is 5.11 Å². The maximum atomic E-state index is 12.8. The molecule has 3 N–H and O–H groups in total. The first-order chi connectivity index (χ1) is 12.8. The van der Waals surface area contributed by atoms with Crippen molar-refractivity contribution >= 4 is 34.7 Å². The van der Waals surface area contributed by atoms with Crippen LogP contribution in [0, 0.1) is 12.3 Å². The van der Waals surface area contributed by atoms with Crippen LogP contribution in [0.2, 0.25) is 0 Å². The first kappa shape index (κ1) is 20.4. The third-order valence-corrected chi connectivity index (χ3v) is 6.73. The lowest BCUT2D eigenvalue weighted by atomic mass is 9.75. The number of allylic oxidation sites excluding steroid dienone is 4. The van der Waals surface area contributed by atoms with Crippen LogP contribution in [-0.4, -0.2) is 51.2 Å². The Bertz CT molecular complexity index is 812. The number of piperidine rings is 1. The van der Waals surface area contributed by atoms with E-state index in [4.69, 9.17) is 28.9 Å². The summed E-state index contributed by atoms with van der Waals surface area (Å²) in [5.41, 5.74) is 5.89. The summed E-state index contributed by atoms with van der Waals surface area (Å²) in [4.78, 5) is 19.5. The van der Waals surface area contributed by atoms with Gasteiger partial charge in [-0.25, -0.2) is 4.98 Å². The average Bonchev–Trinajstić information content (AvgIpc) is 2.64. The van der Waals surface area contributed by atoms with Gasteiger partial charge in [0, 0.05) is 31.4 Å². The van der Waals surface area contributed by atoms with Crippen LogP contribution in [0.5, 0.6) is 0 Å². The topological polar surface area (TPSA) is 84.4 Å². The third-order valence-electron chi connectivity index (χ3n) is 5.71. The molecule has 1 aromatic rings. The van der Waals surface area contributed by atoms with Crippen molar-refractivity contribution in [1.82, 2.24) is 9.55 Å². The number of hydrogen-bond donors (Lipinski definition) is 2. The number of nitrogens with zero attached hydrogens (tertiary/aromatic N) is 3. The minimum atomic E-state index is -0.516. The summed E-state index contributed by atoms with van der Waals surface area (Å²) in [6.45, 7) is 5.55. The number of hydrogen-bond acceptors (Lipinski definition) is 5. The van der Waals surface area contributed by atoms with E-state index in [9.17, 15) is 9.90 Å². The number of aromatic nitrogens is 2. The van der Waals surface area contributed by atoms with E-state index in [1.165, 1.54) is 4.57 Å². The number of anilines is 1. The molecule has 3 rings (SSSR count). The molecule has 2 heterocycles. The van der Waals surface area contributed by atoms with Gasteiger partial charge in [-0.2, -0.15) is 0 Å². The first-order valence-corrected chi connectivity index (χ1v) is 10.0. The highest BCUT2D eigenvalue weighted by atomic mass is 35.5. The van der Waals surface area contributed by atoms with Gasteiger partial charge in [0.1, 0.15) is 11.6 Å². The lowest BCUT2D eigenvalue weighted by molar-refractivity contribution is 0.0259. The van der Waals surface area contributed by atoms with Gasteiger partial charge in [0.15, 0.2) is 0 Å². The second kappa shape index (κ2) is 7.95. The molecule has 1 aliphatic carbocycles. The molecular formula is C19H26Cl2N4O2. The van der Waals surface area contributed by atoms with Gasteiger partial charge in [0.25, 0.3) is 5.56 Å². The summed E-state index contributed by atoms with van der Waals surface area (Å²) >= 11 is 12.6. The van der Waals surface area contributed by atoms with Crippen LogP contribution < -0.4 is 16.2 Å². The Hall–Kier alpha value is -1.34. The van der Waals surface area contributed by atoms with Crippen LogP contribution in [0.25, 0.3) is 5.70 Å². The Morgan fingerprint density at radius 3 is 2.67 bits per heavy atom. The van der Waals surface area contributed by atoms with Crippen molar-refractivity contribution in [2.45, 2.75) is 43.5 Å². The Kier molecular flexibility index (Phi) is 6.01. The molecular weight excluding hydrogens is 387 g/mol. The lowest BCUT2D eigenvalue weighted by Gasteiger charge is -2.42. The number of aryl methyl sites for hydroxylation is 1. The molecule has 2 aliphatic rings. The fraction of sp³-hybridized carbons (Fsp3) is 0.579. The highest BCUT2D eigenvalue weighted by molar-refractivity contribution is 6.34. The zero-order valence-corrected chi connectivity index (χ0v) is 17.1. The van der Waals surface area contributed by atoms with Gasteiger partial charge in [0.2, 0.25) is 0 Å². The van der Waals surface area contributed by atoms with E-state index >= 15 is 0 Å². The quantitative estimate of drug-likeness (QED) is 0.739. The molecule has 8 heteroatoms. The largest absolute Gasteiger partial charge is 0.391 e. The fourth-order valence-electron chi connectivity index (χ4n) is 3.73. The number of halogens is 2. The predicted molar refractivity (Wildman–Crippen MR) is 111 cm³/mol. The fourth-order valence-corrected chi connectivity index (χ4v) is 4.20. The highest BCUT2D eigenvalue weighted by Gasteiger charge is 2.36. The summed E-state index contributed by atoms with van der Waals surface area (Å²) in [5, 5.41) is 9.31. The van der Waals surface area contributed by atoms with Crippen molar-refractivity contribution in [2.24, 2.45) is 11.1 Å². The van der Waals surface area contributed by atoms with Crippen LogP contribution in [0.15, 0.2) is 29.1 Å². The predicted octanol–water partition coefficient (Wildman–Crippen LogP) is 2.10. The molecule has 0 saturated carbocycles. The monoisotopic (exact) mass is 412 g/mol. The number of aliphatic hydroxyl groups is 1. The van der Waals surface area contributed by atoms with Gasteiger partial charge >= 0.3 is 0 Å². The van der Waals surface area contributed by atoms with Crippen molar-refractivity contribution in [1.29, 1.82) is 0 Å². The molecule has 1 saturated heterocycles. The maximum Gasteiger partial charge on any atom is 0.259 e. The van der Waals surface area contributed by atoms with E-state index in [0.29, 0.717) is 17.3 Å². The van der Waals surface area contributed by atoms with Gasteiger partial charge in [-0.05, 0) is 31.3 Å². The molecule has 0 spiro atoms. The van der Waals surface area contributed by atoms with Crippen LogP contribution in [0.4, 0.5) is 5.82 Å². The van der Waals surface area contributed by atoms with Crippen LogP contribution >= 0.6 is 23.2 Å². The minimum absolute atomic E-state index is 0.177. The number of alkyl halides is 2. The second-order valence-corrected chi connectivity index (χ2v) is 8.52. The van der Waals surface area contributed by atoms with E-state index in [-0.39, 0.29) is 22.9 Å². The third kappa shape index (κ3) is 3.94. The maximum absolute atomic E-state index is 12.8. The molecule has 1 fully saturated rings. The van der Waals surface area contributed by atoms with Crippen LogP contribution in [-0.2, 0) is 0 Å². The summed E-state index contributed by atoms with van der Waals surface area (Å²) in [6, 6.07) is 1.54. The molecule has 0 radical (unpaired) electrons. The number of nitrogens with two attached hydrogens (primary N) is 1. The SMILES string of the molecule is Cc1nc(N2CCC(C)([C@H](O)CN)CC2)cc(=O)n1C1=CC=CC(Cl)C1Cl. The van der Waals surface area contributed by atoms with Crippen molar-refractivity contribution in [3.8, 4) is 0 Å². The van der Waals surface area contributed by atoms with E-state index in [0.717, 1.165) is 25.9 Å². The van der Waals surface area contributed by atoms with Crippen molar-refractivity contribution in [3.05, 3.63) is 40.5 Å². The Morgan fingerprint density at radius 1 is 1.41 bits per heavy atom. The molecule has 27 heavy (non-hydrogen) atoms. The lowest BCUT2D eigenvalue weighted by Crippen LogP contribution is -2.47. The number of aliphatic hydroxyl groups excluding tert-OH is 1.